The fourth-order valence-electron chi connectivity index (χ4n) is 2.32. The normalized spacial score (nSPS) is 11.0. The molecular weight excluding hydrogens is 348 g/mol. The zero-order valence-electron chi connectivity index (χ0n) is 11.6. The van der Waals surface area contributed by atoms with E-state index >= 15 is 0 Å². The van der Waals surface area contributed by atoms with Crippen molar-refractivity contribution in [2.24, 2.45) is 5.73 Å². The highest BCUT2D eigenvalue weighted by atomic mass is 79.9. The van der Waals surface area contributed by atoms with E-state index in [4.69, 9.17) is 18.0 Å². The molecule has 2 N–H and O–H groups in total. The van der Waals surface area contributed by atoms with Crippen molar-refractivity contribution >= 4 is 44.0 Å². The van der Waals surface area contributed by atoms with Crippen LogP contribution in [0.4, 0.5) is 0 Å². The predicted molar refractivity (Wildman–Crippen MR) is 91.9 cm³/mol. The van der Waals surface area contributed by atoms with E-state index in [1.165, 1.54) is 0 Å². The summed E-state index contributed by atoms with van der Waals surface area (Å²) in [6, 6.07) is 9.69. The van der Waals surface area contributed by atoms with E-state index < -0.39 is 0 Å². The molecule has 1 aromatic carbocycles. The Hall–Kier alpha value is -1.79. The molecule has 0 unspecified atom stereocenters. The van der Waals surface area contributed by atoms with Gasteiger partial charge in [-0.15, -0.1) is 0 Å². The van der Waals surface area contributed by atoms with E-state index in [-0.39, 0.29) is 0 Å². The maximum atomic E-state index is 5.86. The molecule has 0 saturated carbocycles. The van der Waals surface area contributed by atoms with Gasteiger partial charge in [-0.25, -0.2) is 9.67 Å². The van der Waals surface area contributed by atoms with Crippen molar-refractivity contribution in [2.75, 3.05) is 0 Å². The second-order valence-corrected chi connectivity index (χ2v) is 6.04. The van der Waals surface area contributed by atoms with Crippen molar-refractivity contribution in [3.05, 3.63) is 51.8 Å². The Bertz CT molecular complexity index is 869. The molecule has 0 aliphatic rings. The van der Waals surface area contributed by atoms with Crippen molar-refractivity contribution < 1.29 is 0 Å². The van der Waals surface area contributed by atoms with Gasteiger partial charge in [0, 0.05) is 10.9 Å². The molecule has 0 radical (unpaired) electrons. The van der Waals surface area contributed by atoms with Crippen LogP contribution in [0.5, 0.6) is 0 Å². The van der Waals surface area contributed by atoms with Crippen LogP contribution in [0.3, 0.4) is 0 Å². The summed E-state index contributed by atoms with van der Waals surface area (Å²) < 4.78 is 2.78. The SMILES string of the molecule is Cc1nn(-c2cc(C(N)=S)c3ccccc3n2)c(C)c1Br. The average Bonchev–Trinajstić information content (AvgIpc) is 2.73. The number of hydrogen-bond acceptors (Lipinski definition) is 3. The third kappa shape index (κ3) is 2.34. The van der Waals surface area contributed by atoms with E-state index in [0.29, 0.717) is 10.8 Å². The van der Waals surface area contributed by atoms with Crippen molar-refractivity contribution in [1.29, 1.82) is 0 Å². The molecule has 2 aromatic heterocycles. The van der Waals surface area contributed by atoms with Crippen LogP contribution in [0.25, 0.3) is 16.7 Å². The highest BCUT2D eigenvalue weighted by Crippen LogP contribution is 2.25. The highest BCUT2D eigenvalue weighted by molar-refractivity contribution is 9.10. The van der Waals surface area contributed by atoms with Gasteiger partial charge in [0.05, 0.1) is 21.4 Å². The van der Waals surface area contributed by atoms with Crippen molar-refractivity contribution in [3.8, 4) is 5.82 Å². The molecule has 106 valence electrons. The van der Waals surface area contributed by atoms with Gasteiger partial charge in [0.25, 0.3) is 0 Å². The number of rotatable bonds is 2. The van der Waals surface area contributed by atoms with Gasteiger partial charge in [0.15, 0.2) is 5.82 Å². The summed E-state index contributed by atoms with van der Waals surface area (Å²) in [5.41, 5.74) is 9.43. The van der Waals surface area contributed by atoms with E-state index in [1.807, 2.05) is 44.2 Å². The largest absolute Gasteiger partial charge is 0.389 e. The van der Waals surface area contributed by atoms with Crippen LogP contribution >= 0.6 is 28.1 Å². The lowest BCUT2D eigenvalue weighted by atomic mass is 10.1. The summed E-state index contributed by atoms with van der Waals surface area (Å²) in [5, 5.41) is 5.46. The van der Waals surface area contributed by atoms with Crippen molar-refractivity contribution in [2.45, 2.75) is 13.8 Å². The minimum Gasteiger partial charge on any atom is -0.389 e. The number of aryl methyl sites for hydroxylation is 1. The van der Waals surface area contributed by atoms with E-state index in [0.717, 1.165) is 32.3 Å². The van der Waals surface area contributed by atoms with Gasteiger partial charge >= 0.3 is 0 Å². The standard InChI is InChI=1S/C15H13BrN4S/c1-8-14(16)9(2)20(19-8)13-7-11(15(17)21)10-5-3-4-6-12(10)18-13/h3-7H,1-2H3,(H2,17,21). The van der Waals surface area contributed by atoms with Crippen molar-refractivity contribution in [1.82, 2.24) is 14.8 Å². The zero-order valence-corrected chi connectivity index (χ0v) is 14.0. The van der Waals surface area contributed by atoms with Gasteiger partial charge in [-0.1, -0.05) is 30.4 Å². The first kappa shape index (κ1) is 14.2. The molecule has 3 aromatic rings. The molecule has 0 bridgehead atoms. The third-order valence-corrected chi connectivity index (χ3v) is 4.76. The van der Waals surface area contributed by atoms with Gasteiger partial charge in [0.2, 0.25) is 0 Å². The lowest BCUT2D eigenvalue weighted by Crippen LogP contribution is -2.12. The van der Waals surface area contributed by atoms with Crippen LogP contribution in [0.1, 0.15) is 17.0 Å². The quantitative estimate of drug-likeness (QED) is 0.711. The molecule has 2 heterocycles. The van der Waals surface area contributed by atoms with Gasteiger partial charge in [-0.05, 0) is 41.9 Å². The number of hydrogen-bond donors (Lipinski definition) is 1. The number of nitrogens with two attached hydrogens (primary N) is 1. The molecule has 0 aliphatic heterocycles. The molecule has 4 nitrogen and oxygen atoms in total. The summed E-state index contributed by atoms with van der Waals surface area (Å²) in [5.74, 6) is 0.711. The molecule has 0 amide bonds. The number of para-hydroxylation sites is 1. The van der Waals surface area contributed by atoms with Crippen LogP contribution in [0, 0.1) is 13.8 Å². The van der Waals surface area contributed by atoms with Crippen molar-refractivity contribution in [3.63, 3.8) is 0 Å². The van der Waals surface area contributed by atoms with E-state index in [9.17, 15) is 0 Å². The minimum absolute atomic E-state index is 0.357. The Morgan fingerprint density at radius 3 is 2.62 bits per heavy atom. The number of nitrogens with zero attached hydrogens (tertiary/aromatic N) is 3. The fraction of sp³-hybridized carbons (Fsp3) is 0.133. The van der Waals surface area contributed by atoms with Gasteiger partial charge in [-0.2, -0.15) is 5.10 Å². The molecule has 0 aliphatic carbocycles. The minimum atomic E-state index is 0.357. The van der Waals surface area contributed by atoms with Crippen LogP contribution in [0.2, 0.25) is 0 Å². The molecule has 3 rings (SSSR count). The van der Waals surface area contributed by atoms with Crippen LogP contribution in [-0.2, 0) is 0 Å². The van der Waals surface area contributed by atoms with Crippen LogP contribution in [-0.4, -0.2) is 19.8 Å². The molecule has 6 heteroatoms. The lowest BCUT2D eigenvalue weighted by molar-refractivity contribution is 0.810. The predicted octanol–water partition coefficient (Wildman–Crippen LogP) is 3.43. The van der Waals surface area contributed by atoms with Crippen LogP contribution < -0.4 is 5.73 Å². The summed E-state index contributed by atoms with van der Waals surface area (Å²) in [7, 11) is 0. The first-order valence-corrected chi connectivity index (χ1v) is 7.61. The van der Waals surface area contributed by atoms with E-state index in [1.54, 1.807) is 4.68 Å². The number of fused-ring (bicyclic) bond motifs is 1. The maximum Gasteiger partial charge on any atom is 0.155 e. The van der Waals surface area contributed by atoms with Gasteiger partial charge in [-0.3, -0.25) is 0 Å². The average molecular weight is 361 g/mol. The summed E-state index contributed by atoms with van der Waals surface area (Å²) in [6.07, 6.45) is 0. The number of halogens is 1. The third-order valence-electron chi connectivity index (χ3n) is 3.39. The van der Waals surface area contributed by atoms with Gasteiger partial charge < -0.3 is 5.73 Å². The Kier molecular flexibility index (Phi) is 3.51. The Morgan fingerprint density at radius 1 is 1.29 bits per heavy atom. The smallest absolute Gasteiger partial charge is 0.155 e. The molecule has 0 fully saturated rings. The zero-order chi connectivity index (χ0) is 15.1. The Morgan fingerprint density at radius 2 is 2.00 bits per heavy atom. The lowest BCUT2D eigenvalue weighted by Gasteiger charge is -2.09. The number of benzene rings is 1. The molecule has 0 spiro atoms. The first-order chi connectivity index (χ1) is 9.99. The van der Waals surface area contributed by atoms with Gasteiger partial charge in [0.1, 0.15) is 4.99 Å². The summed E-state index contributed by atoms with van der Waals surface area (Å²) >= 11 is 8.71. The Labute approximate surface area is 136 Å². The highest BCUT2D eigenvalue weighted by Gasteiger charge is 2.14. The number of thiocarbonyl (C=S) groups is 1. The first-order valence-electron chi connectivity index (χ1n) is 6.40. The number of aromatic nitrogens is 3. The Balaban J connectivity index is 2.33. The van der Waals surface area contributed by atoms with Crippen LogP contribution in [0.15, 0.2) is 34.8 Å². The molecule has 0 atom stereocenters. The van der Waals surface area contributed by atoms with E-state index in [2.05, 4.69) is 26.0 Å². The topological polar surface area (TPSA) is 56.7 Å². The number of pyridine rings is 1. The molecule has 0 saturated heterocycles. The second kappa shape index (κ2) is 5.20. The monoisotopic (exact) mass is 360 g/mol. The molecular formula is C15H13BrN4S. The second-order valence-electron chi connectivity index (χ2n) is 4.81. The maximum absolute atomic E-state index is 5.86. The molecule has 21 heavy (non-hydrogen) atoms. The fourth-order valence-corrected chi connectivity index (χ4v) is 2.74. The summed E-state index contributed by atoms with van der Waals surface area (Å²) in [4.78, 5) is 5.03. The summed E-state index contributed by atoms with van der Waals surface area (Å²) in [6.45, 7) is 3.94.